The van der Waals surface area contributed by atoms with Crippen LogP contribution in [-0.4, -0.2) is 18.8 Å². The van der Waals surface area contributed by atoms with Crippen molar-refractivity contribution in [3.05, 3.63) is 24.5 Å². The molecule has 60 valence electrons. The first-order valence-corrected chi connectivity index (χ1v) is 3.20. The third-order valence-corrected chi connectivity index (χ3v) is 1.16. The van der Waals surface area contributed by atoms with Gasteiger partial charge in [-0.1, -0.05) is 6.08 Å². The summed E-state index contributed by atoms with van der Waals surface area (Å²) in [7, 11) is 0. The number of hydrogen-bond donors (Lipinski definition) is 1. The van der Waals surface area contributed by atoms with Crippen LogP contribution in [0.25, 0.3) is 0 Å². The Kier molecular flexibility index (Phi) is 2.54. The van der Waals surface area contributed by atoms with E-state index in [1.807, 2.05) is 6.08 Å². The van der Waals surface area contributed by atoms with Gasteiger partial charge in [-0.25, -0.2) is 4.79 Å². The van der Waals surface area contributed by atoms with E-state index in [1.165, 1.54) is 6.26 Å². The van der Waals surface area contributed by atoms with Gasteiger partial charge in [-0.3, -0.25) is 0 Å². The lowest BCUT2D eigenvalue weighted by molar-refractivity contribution is 0.0846. The van der Waals surface area contributed by atoms with Gasteiger partial charge < -0.3 is 15.2 Å². The average Bonchev–Trinajstić information content (AvgIpc) is 2.03. The molecule has 0 fully saturated rings. The minimum atomic E-state index is -0.781. The number of nitrogens with two attached hydrogens (primary N) is 1. The standard InChI is InChI=1S/C7H9NO3/c8-7(9)11-5-6-3-1-2-4-10-6/h1-4,6H,5H2,(H2,8,9). The number of carbonyl (C=O) groups excluding carboxylic acids is 1. The molecule has 0 aromatic rings. The molecule has 4 heteroatoms. The Hall–Kier alpha value is -1.45. The summed E-state index contributed by atoms with van der Waals surface area (Å²) in [5.41, 5.74) is 4.75. The second-order valence-corrected chi connectivity index (χ2v) is 2.02. The van der Waals surface area contributed by atoms with E-state index in [0.29, 0.717) is 0 Å². The van der Waals surface area contributed by atoms with Crippen LogP contribution < -0.4 is 5.73 Å². The Morgan fingerprint density at radius 2 is 2.45 bits per heavy atom. The number of rotatable bonds is 2. The number of primary amides is 1. The first kappa shape index (κ1) is 7.65. The molecule has 0 saturated carbocycles. The van der Waals surface area contributed by atoms with Crippen LogP contribution in [0.2, 0.25) is 0 Å². The van der Waals surface area contributed by atoms with Crippen molar-refractivity contribution >= 4 is 6.09 Å². The predicted octanol–water partition coefficient (Wildman–Crippen LogP) is 0.550. The van der Waals surface area contributed by atoms with Crippen LogP contribution in [0.1, 0.15) is 0 Å². The lowest BCUT2D eigenvalue weighted by atomic mass is 10.3. The molecule has 1 aliphatic heterocycles. The molecule has 4 nitrogen and oxygen atoms in total. The van der Waals surface area contributed by atoms with Gasteiger partial charge in [0, 0.05) is 0 Å². The molecule has 1 unspecified atom stereocenters. The topological polar surface area (TPSA) is 61.6 Å². The summed E-state index contributed by atoms with van der Waals surface area (Å²) in [6, 6.07) is 0. The minimum Gasteiger partial charge on any atom is -0.490 e. The van der Waals surface area contributed by atoms with Crippen molar-refractivity contribution in [2.75, 3.05) is 6.61 Å². The number of allylic oxidation sites excluding steroid dienone is 2. The molecule has 0 aromatic carbocycles. The van der Waals surface area contributed by atoms with Gasteiger partial charge in [-0.05, 0) is 12.2 Å². The number of hydrogen-bond acceptors (Lipinski definition) is 3. The fourth-order valence-corrected chi connectivity index (χ4v) is 0.684. The second kappa shape index (κ2) is 3.65. The van der Waals surface area contributed by atoms with E-state index in [0.717, 1.165) is 0 Å². The third-order valence-electron chi connectivity index (χ3n) is 1.16. The molecule has 0 bridgehead atoms. The number of ether oxygens (including phenoxy) is 2. The van der Waals surface area contributed by atoms with E-state index in [4.69, 9.17) is 10.5 Å². The van der Waals surface area contributed by atoms with E-state index in [1.54, 1.807) is 12.2 Å². The molecule has 0 saturated heterocycles. The minimum absolute atomic E-state index is 0.163. The van der Waals surface area contributed by atoms with Gasteiger partial charge >= 0.3 is 6.09 Å². The van der Waals surface area contributed by atoms with E-state index >= 15 is 0 Å². The molecule has 0 aliphatic carbocycles. The fraction of sp³-hybridized carbons (Fsp3) is 0.286. The monoisotopic (exact) mass is 155 g/mol. The lowest BCUT2D eigenvalue weighted by Gasteiger charge is -2.13. The molecule has 1 amide bonds. The fourth-order valence-electron chi connectivity index (χ4n) is 0.684. The quantitative estimate of drug-likeness (QED) is 0.633. The predicted molar refractivity (Wildman–Crippen MR) is 38.7 cm³/mol. The summed E-state index contributed by atoms with van der Waals surface area (Å²) in [5.74, 6) is 0. The van der Waals surface area contributed by atoms with Crippen LogP contribution in [0.5, 0.6) is 0 Å². The van der Waals surface area contributed by atoms with E-state index in [-0.39, 0.29) is 12.7 Å². The molecule has 0 spiro atoms. The largest absolute Gasteiger partial charge is 0.490 e. The molecule has 0 radical (unpaired) electrons. The Bertz CT molecular complexity index is 198. The van der Waals surface area contributed by atoms with Gasteiger partial charge in [0.25, 0.3) is 0 Å². The Morgan fingerprint density at radius 3 is 3.00 bits per heavy atom. The van der Waals surface area contributed by atoms with Crippen molar-refractivity contribution in [3.63, 3.8) is 0 Å². The lowest BCUT2D eigenvalue weighted by Crippen LogP contribution is -2.22. The average molecular weight is 155 g/mol. The zero-order chi connectivity index (χ0) is 8.10. The number of amides is 1. The molecule has 1 heterocycles. The van der Waals surface area contributed by atoms with Crippen molar-refractivity contribution in [1.82, 2.24) is 0 Å². The maximum absolute atomic E-state index is 10.1. The zero-order valence-corrected chi connectivity index (χ0v) is 5.90. The van der Waals surface area contributed by atoms with Crippen molar-refractivity contribution in [3.8, 4) is 0 Å². The van der Waals surface area contributed by atoms with Gasteiger partial charge in [-0.2, -0.15) is 0 Å². The highest BCUT2D eigenvalue weighted by Gasteiger charge is 2.07. The van der Waals surface area contributed by atoms with E-state index in [2.05, 4.69) is 4.74 Å². The van der Waals surface area contributed by atoms with Crippen molar-refractivity contribution < 1.29 is 14.3 Å². The van der Waals surface area contributed by atoms with Gasteiger partial charge in [0.05, 0.1) is 6.26 Å². The second-order valence-electron chi connectivity index (χ2n) is 2.02. The summed E-state index contributed by atoms with van der Waals surface area (Å²) >= 11 is 0. The van der Waals surface area contributed by atoms with Gasteiger partial charge in [0.1, 0.15) is 6.61 Å². The van der Waals surface area contributed by atoms with Gasteiger partial charge in [-0.15, -0.1) is 0 Å². The summed E-state index contributed by atoms with van der Waals surface area (Å²) in [6.07, 6.45) is 5.90. The first-order chi connectivity index (χ1) is 5.29. The zero-order valence-electron chi connectivity index (χ0n) is 5.90. The molecule has 2 N–H and O–H groups in total. The summed E-state index contributed by atoms with van der Waals surface area (Å²) in [5, 5.41) is 0. The smallest absolute Gasteiger partial charge is 0.404 e. The Labute approximate surface area is 64.3 Å². The first-order valence-electron chi connectivity index (χ1n) is 3.20. The molecule has 11 heavy (non-hydrogen) atoms. The maximum atomic E-state index is 10.1. The van der Waals surface area contributed by atoms with Gasteiger partial charge in [0.2, 0.25) is 0 Å². The SMILES string of the molecule is NC(=O)OCC1C=CC=CO1. The summed E-state index contributed by atoms with van der Waals surface area (Å²) in [6.45, 7) is 0.163. The number of carbonyl (C=O) groups is 1. The molecular weight excluding hydrogens is 146 g/mol. The summed E-state index contributed by atoms with van der Waals surface area (Å²) < 4.78 is 9.54. The van der Waals surface area contributed by atoms with Crippen LogP contribution in [-0.2, 0) is 9.47 Å². The Balaban J connectivity index is 2.22. The highest BCUT2D eigenvalue weighted by atomic mass is 16.6. The summed E-state index contributed by atoms with van der Waals surface area (Å²) in [4.78, 5) is 10.1. The van der Waals surface area contributed by atoms with E-state index < -0.39 is 6.09 Å². The molecule has 1 aliphatic rings. The van der Waals surface area contributed by atoms with Crippen molar-refractivity contribution in [2.45, 2.75) is 6.10 Å². The van der Waals surface area contributed by atoms with Crippen molar-refractivity contribution in [2.24, 2.45) is 5.73 Å². The molecule has 1 rings (SSSR count). The normalized spacial score (nSPS) is 20.9. The molecular formula is C7H9NO3. The van der Waals surface area contributed by atoms with Crippen LogP contribution in [0.4, 0.5) is 4.79 Å². The van der Waals surface area contributed by atoms with Crippen LogP contribution in [0.15, 0.2) is 24.5 Å². The maximum Gasteiger partial charge on any atom is 0.404 e. The molecule has 1 atom stereocenters. The van der Waals surface area contributed by atoms with Gasteiger partial charge in [0.15, 0.2) is 6.10 Å². The third kappa shape index (κ3) is 2.75. The van der Waals surface area contributed by atoms with Crippen LogP contribution in [0.3, 0.4) is 0 Å². The van der Waals surface area contributed by atoms with Crippen LogP contribution >= 0.6 is 0 Å². The Morgan fingerprint density at radius 1 is 1.64 bits per heavy atom. The van der Waals surface area contributed by atoms with Crippen molar-refractivity contribution in [1.29, 1.82) is 0 Å². The molecule has 0 aromatic heterocycles. The van der Waals surface area contributed by atoms with Crippen LogP contribution in [0, 0.1) is 0 Å². The van der Waals surface area contributed by atoms with E-state index in [9.17, 15) is 4.79 Å². The highest BCUT2D eigenvalue weighted by Crippen LogP contribution is 2.01. The highest BCUT2D eigenvalue weighted by molar-refractivity contribution is 5.64.